The standard InChI is InChI=1S/C14H18BrN3OS/c1-14(13(19)17-2)6-7-18(8-14)10-5-3-4-9(15)11(10)12(16)20/h3-5H,6-8H2,1-2H3,(H2,16,20)(H,17,19). The van der Waals surface area contributed by atoms with Crippen molar-refractivity contribution in [3.63, 3.8) is 0 Å². The number of anilines is 1. The normalized spacial score (nSPS) is 21.9. The summed E-state index contributed by atoms with van der Waals surface area (Å²) in [5.74, 6) is 0.0758. The Morgan fingerprint density at radius 3 is 2.85 bits per heavy atom. The van der Waals surface area contributed by atoms with Crippen LogP contribution in [0.15, 0.2) is 22.7 Å². The Bertz CT molecular complexity index is 563. The summed E-state index contributed by atoms with van der Waals surface area (Å²) >= 11 is 8.64. The predicted octanol–water partition coefficient (Wildman–Crippen LogP) is 2.05. The number of nitrogens with zero attached hydrogens (tertiary/aromatic N) is 1. The van der Waals surface area contributed by atoms with Gasteiger partial charge in [-0.05, 0) is 41.4 Å². The minimum atomic E-state index is -0.370. The molecule has 0 bridgehead atoms. The smallest absolute Gasteiger partial charge is 0.227 e. The molecule has 1 unspecified atom stereocenters. The fourth-order valence-corrected chi connectivity index (χ4v) is 3.59. The fourth-order valence-electron chi connectivity index (χ4n) is 2.67. The van der Waals surface area contributed by atoms with Crippen LogP contribution in [0.5, 0.6) is 0 Å². The molecule has 1 fully saturated rings. The number of amides is 1. The first-order chi connectivity index (χ1) is 9.39. The molecule has 4 nitrogen and oxygen atoms in total. The molecule has 0 aliphatic carbocycles. The van der Waals surface area contributed by atoms with Gasteiger partial charge in [-0.3, -0.25) is 4.79 Å². The lowest BCUT2D eigenvalue weighted by Crippen LogP contribution is -2.39. The second kappa shape index (κ2) is 5.69. The quantitative estimate of drug-likeness (QED) is 0.814. The van der Waals surface area contributed by atoms with E-state index in [4.69, 9.17) is 18.0 Å². The maximum absolute atomic E-state index is 12.0. The number of nitrogens with two attached hydrogens (primary N) is 1. The van der Waals surface area contributed by atoms with Gasteiger partial charge in [-0.2, -0.15) is 0 Å². The maximum atomic E-state index is 12.0. The topological polar surface area (TPSA) is 58.4 Å². The lowest BCUT2D eigenvalue weighted by molar-refractivity contribution is -0.128. The van der Waals surface area contributed by atoms with Gasteiger partial charge in [0.1, 0.15) is 4.99 Å². The Kier molecular flexibility index (Phi) is 4.34. The fraction of sp³-hybridized carbons (Fsp3) is 0.429. The van der Waals surface area contributed by atoms with E-state index in [0.717, 1.165) is 28.7 Å². The second-order valence-electron chi connectivity index (χ2n) is 5.31. The minimum Gasteiger partial charge on any atom is -0.389 e. The summed E-state index contributed by atoms with van der Waals surface area (Å²) in [5.41, 5.74) is 7.28. The molecule has 1 aliphatic rings. The lowest BCUT2D eigenvalue weighted by Gasteiger charge is -2.25. The first-order valence-electron chi connectivity index (χ1n) is 6.44. The molecule has 1 atom stereocenters. The minimum absolute atomic E-state index is 0.0758. The summed E-state index contributed by atoms with van der Waals surface area (Å²) in [5, 5.41) is 2.74. The van der Waals surface area contributed by atoms with E-state index in [9.17, 15) is 4.79 Å². The van der Waals surface area contributed by atoms with Crippen molar-refractivity contribution in [2.45, 2.75) is 13.3 Å². The summed E-state index contributed by atoms with van der Waals surface area (Å²) in [7, 11) is 1.68. The van der Waals surface area contributed by atoms with Crippen molar-refractivity contribution < 1.29 is 4.79 Å². The molecule has 20 heavy (non-hydrogen) atoms. The van der Waals surface area contributed by atoms with Crippen LogP contribution in [-0.2, 0) is 4.79 Å². The van der Waals surface area contributed by atoms with Crippen LogP contribution in [0, 0.1) is 5.41 Å². The first-order valence-corrected chi connectivity index (χ1v) is 7.64. The molecule has 1 saturated heterocycles. The Morgan fingerprint density at radius 2 is 2.25 bits per heavy atom. The van der Waals surface area contributed by atoms with Crippen molar-refractivity contribution in [3.05, 3.63) is 28.2 Å². The summed E-state index contributed by atoms with van der Waals surface area (Å²) < 4.78 is 0.885. The third kappa shape index (κ3) is 2.67. The van der Waals surface area contributed by atoms with Gasteiger partial charge < -0.3 is 16.0 Å². The molecule has 3 N–H and O–H groups in total. The molecule has 0 spiro atoms. The summed E-state index contributed by atoms with van der Waals surface area (Å²) in [6, 6.07) is 5.87. The molecule has 0 aromatic heterocycles. The largest absolute Gasteiger partial charge is 0.389 e. The van der Waals surface area contributed by atoms with Gasteiger partial charge in [-0.15, -0.1) is 0 Å². The van der Waals surface area contributed by atoms with E-state index in [1.807, 2.05) is 25.1 Å². The number of nitrogens with one attached hydrogen (secondary N) is 1. The van der Waals surface area contributed by atoms with Crippen LogP contribution in [0.25, 0.3) is 0 Å². The van der Waals surface area contributed by atoms with E-state index < -0.39 is 0 Å². The van der Waals surface area contributed by atoms with Gasteiger partial charge in [0.05, 0.1) is 5.41 Å². The third-order valence-corrected chi connectivity index (χ3v) is 4.69. The second-order valence-corrected chi connectivity index (χ2v) is 6.60. The summed E-state index contributed by atoms with van der Waals surface area (Å²) in [6.07, 6.45) is 0.815. The first kappa shape index (κ1) is 15.3. The number of hydrogen-bond donors (Lipinski definition) is 2. The van der Waals surface area contributed by atoms with E-state index in [1.165, 1.54) is 0 Å². The van der Waals surface area contributed by atoms with Crippen LogP contribution in [0.2, 0.25) is 0 Å². The van der Waals surface area contributed by atoms with Gasteiger partial charge in [-0.25, -0.2) is 0 Å². The van der Waals surface area contributed by atoms with Gasteiger partial charge in [0.25, 0.3) is 0 Å². The number of benzene rings is 1. The molecule has 1 aliphatic heterocycles. The Hall–Kier alpha value is -1.14. The van der Waals surface area contributed by atoms with Crippen LogP contribution in [0.4, 0.5) is 5.69 Å². The highest BCUT2D eigenvalue weighted by molar-refractivity contribution is 9.10. The number of hydrogen-bond acceptors (Lipinski definition) is 3. The number of carbonyl (C=O) groups is 1. The highest BCUT2D eigenvalue weighted by atomic mass is 79.9. The average Bonchev–Trinajstić information content (AvgIpc) is 2.81. The van der Waals surface area contributed by atoms with Gasteiger partial charge in [-0.1, -0.05) is 18.3 Å². The molecule has 1 aromatic carbocycles. The zero-order valence-corrected chi connectivity index (χ0v) is 14.0. The predicted molar refractivity (Wildman–Crippen MR) is 89.0 cm³/mol. The highest BCUT2D eigenvalue weighted by Gasteiger charge is 2.40. The zero-order valence-electron chi connectivity index (χ0n) is 11.6. The highest BCUT2D eigenvalue weighted by Crippen LogP contribution is 2.36. The third-order valence-electron chi connectivity index (χ3n) is 3.83. The van der Waals surface area contributed by atoms with Crippen molar-refractivity contribution in [2.75, 3.05) is 25.0 Å². The number of carbonyl (C=O) groups excluding carboxylic acids is 1. The molecule has 2 rings (SSSR count). The van der Waals surface area contributed by atoms with Gasteiger partial charge in [0.2, 0.25) is 5.91 Å². The molecule has 1 heterocycles. The van der Waals surface area contributed by atoms with Crippen LogP contribution in [0.3, 0.4) is 0 Å². The molecule has 6 heteroatoms. The molecular formula is C14H18BrN3OS. The average molecular weight is 356 g/mol. The van der Waals surface area contributed by atoms with Crippen LogP contribution in [-0.4, -0.2) is 31.0 Å². The van der Waals surface area contributed by atoms with Crippen LogP contribution >= 0.6 is 28.1 Å². The molecule has 0 radical (unpaired) electrons. The van der Waals surface area contributed by atoms with E-state index in [1.54, 1.807) is 7.05 Å². The Morgan fingerprint density at radius 1 is 1.55 bits per heavy atom. The molecule has 0 saturated carbocycles. The molecule has 108 valence electrons. The Balaban J connectivity index is 2.34. The monoisotopic (exact) mass is 355 g/mol. The summed E-state index contributed by atoms with van der Waals surface area (Å²) in [6.45, 7) is 3.47. The number of rotatable bonds is 3. The number of thiocarbonyl (C=S) groups is 1. The van der Waals surface area contributed by atoms with Gasteiger partial charge in [0.15, 0.2) is 0 Å². The zero-order chi connectivity index (χ0) is 14.9. The number of halogens is 1. The summed E-state index contributed by atoms with van der Waals surface area (Å²) in [4.78, 5) is 14.5. The van der Waals surface area contributed by atoms with E-state index in [2.05, 4.69) is 26.1 Å². The van der Waals surface area contributed by atoms with Gasteiger partial charge >= 0.3 is 0 Å². The molecular weight excluding hydrogens is 338 g/mol. The van der Waals surface area contributed by atoms with Crippen molar-refractivity contribution >= 4 is 44.7 Å². The van der Waals surface area contributed by atoms with E-state index in [0.29, 0.717) is 11.5 Å². The van der Waals surface area contributed by atoms with Crippen LogP contribution in [0.1, 0.15) is 18.9 Å². The lowest BCUT2D eigenvalue weighted by atomic mass is 9.89. The maximum Gasteiger partial charge on any atom is 0.227 e. The van der Waals surface area contributed by atoms with Gasteiger partial charge in [0, 0.05) is 35.9 Å². The van der Waals surface area contributed by atoms with E-state index >= 15 is 0 Å². The van der Waals surface area contributed by atoms with Crippen LogP contribution < -0.4 is 16.0 Å². The molecule has 1 aromatic rings. The Labute approximate surface area is 132 Å². The van der Waals surface area contributed by atoms with Crippen molar-refractivity contribution in [3.8, 4) is 0 Å². The van der Waals surface area contributed by atoms with E-state index in [-0.39, 0.29) is 11.3 Å². The molecule has 1 amide bonds. The van der Waals surface area contributed by atoms with Crippen molar-refractivity contribution in [1.82, 2.24) is 5.32 Å². The van der Waals surface area contributed by atoms with Crippen molar-refractivity contribution in [2.24, 2.45) is 11.1 Å². The SMILES string of the molecule is CNC(=O)C1(C)CCN(c2cccc(Br)c2C(N)=S)C1. The van der Waals surface area contributed by atoms with Crippen molar-refractivity contribution in [1.29, 1.82) is 0 Å².